The number of nitrogens with one attached hydrogen (secondary N) is 2. The van der Waals surface area contributed by atoms with E-state index in [1.807, 2.05) is 24.3 Å². The molecule has 1 saturated heterocycles. The van der Waals surface area contributed by atoms with E-state index < -0.39 is 0 Å². The van der Waals surface area contributed by atoms with Crippen molar-refractivity contribution in [3.63, 3.8) is 0 Å². The molecular weight excluding hydrogens is 562 g/mol. The van der Waals surface area contributed by atoms with Crippen LogP contribution in [0.2, 0.25) is 5.02 Å². The monoisotopic (exact) mass is 603 g/mol. The largest absolute Gasteiger partial charge is 0.379 e. The van der Waals surface area contributed by atoms with Gasteiger partial charge in [0, 0.05) is 41.8 Å². The number of halogens is 1. The van der Waals surface area contributed by atoms with Crippen LogP contribution in [0.15, 0.2) is 36.8 Å². The average Bonchev–Trinajstić information content (AvgIpc) is 3.53. The van der Waals surface area contributed by atoms with Gasteiger partial charge in [-0.3, -0.25) is 9.69 Å². The highest BCUT2D eigenvalue weighted by Crippen LogP contribution is 2.77. The summed E-state index contributed by atoms with van der Waals surface area (Å²) in [6.07, 6.45) is 9.29. The maximum atomic E-state index is 14.6. The normalized spacial score (nSPS) is 32.1. The smallest absolute Gasteiger partial charge is 0.223 e. The molecule has 4 aliphatic rings. The lowest BCUT2D eigenvalue weighted by molar-refractivity contribution is -0.138. The minimum absolute atomic E-state index is 0.0603. The zero-order valence-corrected chi connectivity index (χ0v) is 26.1. The molecule has 0 bridgehead atoms. The molecule has 1 aromatic carbocycles. The van der Waals surface area contributed by atoms with E-state index in [0.29, 0.717) is 51.5 Å². The Morgan fingerprint density at radius 3 is 2.60 bits per heavy atom. The third-order valence-corrected chi connectivity index (χ3v) is 11.3. The number of fused-ring (bicyclic) bond motifs is 2. The number of nitrogens with zero attached hydrogens (tertiary/aromatic N) is 5. The first-order chi connectivity index (χ1) is 20.8. The maximum absolute atomic E-state index is 14.6. The van der Waals surface area contributed by atoms with Gasteiger partial charge in [0.1, 0.15) is 23.1 Å². The van der Waals surface area contributed by atoms with Crippen LogP contribution in [0.3, 0.4) is 0 Å². The summed E-state index contributed by atoms with van der Waals surface area (Å²) in [6.45, 7) is 10.5. The third kappa shape index (κ3) is 4.97. The predicted octanol–water partition coefficient (Wildman–Crippen LogP) is 6.13. The number of morpholine rings is 1. The van der Waals surface area contributed by atoms with Gasteiger partial charge in [-0.1, -0.05) is 38.4 Å². The lowest BCUT2D eigenvalue weighted by Gasteiger charge is -2.47. The summed E-state index contributed by atoms with van der Waals surface area (Å²) in [5.41, 5.74) is 1.97. The van der Waals surface area contributed by atoms with Crippen molar-refractivity contribution in [2.24, 2.45) is 28.6 Å². The number of carbonyl (C=O) groups is 1. The Labute approximate surface area is 258 Å². The molecule has 9 nitrogen and oxygen atoms in total. The fourth-order valence-corrected chi connectivity index (χ4v) is 9.19. The molecule has 7 rings (SSSR count). The van der Waals surface area contributed by atoms with Crippen molar-refractivity contribution in [2.75, 3.05) is 36.9 Å². The highest BCUT2D eigenvalue weighted by atomic mass is 35.5. The van der Waals surface area contributed by atoms with E-state index in [9.17, 15) is 4.79 Å². The fraction of sp³-hybridized carbons (Fsp3) is 0.606. The Morgan fingerprint density at radius 1 is 1.05 bits per heavy atom. The number of Topliss-reactive ketones (excluding diaryl/α,β-unsaturated/α-hetero) is 1. The highest BCUT2D eigenvalue weighted by Gasteiger charge is 2.80. The van der Waals surface area contributed by atoms with Gasteiger partial charge in [0.25, 0.3) is 0 Å². The third-order valence-electron chi connectivity index (χ3n) is 11.1. The molecule has 0 radical (unpaired) electrons. The Morgan fingerprint density at radius 2 is 1.84 bits per heavy atom. The van der Waals surface area contributed by atoms with Crippen LogP contribution in [-0.4, -0.2) is 69.0 Å². The van der Waals surface area contributed by atoms with E-state index in [-0.39, 0.29) is 22.8 Å². The van der Waals surface area contributed by atoms with Crippen molar-refractivity contribution in [1.82, 2.24) is 24.8 Å². The van der Waals surface area contributed by atoms with Gasteiger partial charge in [-0.05, 0) is 74.0 Å². The van der Waals surface area contributed by atoms with Crippen LogP contribution in [0.4, 0.5) is 17.5 Å². The molecule has 3 aromatic rings. The average molecular weight is 604 g/mol. The van der Waals surface area contributed by atoms with Crippen LogP contribution in [-0.2, 0) is 9.53 Å². The number of ether oxygens (including phenoxy) is 1. The Hall–Kier alpha value is -2.88. The van der Waals surface area contributed by atoms with Crippen LogP contribution in [0.1, 0.15) is 59.3 Å². The van der Waals surface area contributed by atoms with Crippen molar-refractivity contribution in [2.45, 2.75) is 71.4 Å². The summed E-state index contributed by atoms with van der Waals surface area (Å²) >= 11 is 6.17. The number of carbonyl (C=O) groups excluding carboxylic acids is 1. The van der Waals surface area contributed by atoms with E-state index in [1.165, 1.54) is 19.2 Å². The maximum Gasteiger partial charge on any atom is 0.223 e. The van der Waals surface area contributed by atoms with Crippen LogP contribution < -0.4 is 10.6 Å². The SMILES string of the molecule is CC1CCC2C(C)(C)C2(C(=O)C2CCC(Nc3ncc4ncnc(Nc5cccc(Cl)c5)c4n3)CC2)C1N1CCOCC1. The van der Waals surface area contributed by atoms with E-state index in [0.717, 1.165) is 57.7 Å². The second kappa shape index (κ2) is 11.2. The summed E-state index contributed by atoms with van der Waals surface area (Å²) in [5.74, 6) is 2.85. The summed E-state index contributed by atoms with van der Waals surface area (Å²) in [4.78, 5) is 35.4. The van der Waals surface area contributed by atoms with Gasteiger partial charge in [-0.2, -0.15) is 0 Å². The molecule has 0 spiro atoms. The summed E-state index contributed by atoms with van der Waals surface area (Å²) in [6, 6.07) is 8.05. The lowest BCUT2D eigenvalue weighted by Crippen LogP contribution is -2.57. The van der Waals surface area contributed by atoms with Crippen molar-refractivity contribution in [1.29, 1.82) is 0 Å². The summed E-state index contributed by atoms with van der Waals surface area (Å²) < 4.78 is 5.70. The number of anilines is 3. The molecule has 10 heteroatoms. The van der Waals surface area contributed by atoms with Crippen molar-refractivity contribution >= 4 is 45.9 Å². The number of rotatable bonds is 7. The molecule has 1 aliphatic heterocycles. The van der Waals surface area contributed by atoms with Gasteiger partial charge in [-0.15, -0.1) is 0 Å². The minimum Gasteiger partial charge on any atom is -0.379 e. The Bertz CT molecular complexity index is 1500. The van der Waals surface area contributed by atoms with Crippen LogP contribution >= 0.6 is 11.6 Å². The molecule has 2 N–H and O–H groups in total. The van der Waals surface area contributed by atoms with Crippen LogP contribution in [0.5, 0.6) is 0 Å². The molecular formula is C33H42ClN7O2. The summed E-state index contributed by atoms with van der Waals surface area (Å²) in [5, 5.41) is 7.51. The molecule has 0 amide bonds. The van der Waals surface area contributed by atoms with Crippen LogP contribution in [0, 0.1) is 28.6 Å². The zero-order chi connectivity index (χ0) is 29.8. The molecule has 228 valence electrons. The van der Waals surface area contributed by atoms with Gasteiger partial charge >= 0.3 is 0 Å². The predicted molar refractivity (Wildman–Crippen MR) is 169 cm³/mol. The molecule has 4 unspecified atom stereocenters. The number of hydrogen-bond donors (Lipinski definition) is 2. The first-order valence-corrected chi connectivity index (χ1v) is 16.3. The molecule has 4 fully saturated rings. The molecule has 3 saturated carbocycles. The number of benzene rings is 1. The Balaban J connectivity index is 1.05. The number of hydrogen-bond acceptors (Lipinski definition) is 9. The second-order valence-electron chi connectivity index (χ2n) is 13.6. The van der Waals surface area contributed by atoms with Crippen molar-refractivity contribution in [3.8, 4) is 0 Å². The summed E-state index contributed by atoms with van der Waals surface area (Å²) in [7, 11) is 0. The van der Waals surface area contributed by atoms with Gasteiger partial charge in [0.05, 0.1) is 24.8 Å². The second-order valence-corrected chi connectivity index (χ2v) is 14.1. The molecule has 3 heterocycles. The number of ketones is 1. The van der Waals surface area contributed by atoms with Gasteiger partial charge in [0.2, 0.25) is 5.95 Å². The van der Waals surface area contributed by atoms with E-state index >= 15 is 0 Å². The molecule has 2 aromatic heterocycles. The van der Waals surface area contributed by atoms with E-state index in [2.05, 4.69) is 51.3 Å². The van der Waals surface area contributed by atoms with E-state index in [1.54, 1.807) is 6.20 Å². The lowest BCUT2D eigenvalue weighted by atomic mass is 9.67. The highest BCUT2D eigenvalue weighted by molar-refractivity contribution is 6.30. The van der Waals surface area contributed by atoms with Crippen molar-refractivity contribution < 1.29 is 9.53 Å². The van der Waals surface area contributed by atoms with Gasteiger partial charge in [0.15, 0.2) is 5.82 Å². The van der Waals surface area contributed by atoms with Gasteiger partial charge < -0.3 is 15.4 Å². The molecule has 43 heavy (non-hydrogen) atoms. The van der Waals surface area contributed by atoms with Gasteiger partial charge in [-0.25, -0.2) is 19.9 Å². The minimum atomic E-state index is -0.221. The first kappa shape index (κ1) is 28.9. The fourth-order valence-electron chi connectivity index (χ4n) is 9.00. The standard InChI is InChI=1S/C33H42ClN7O2/c1-20-7-12-26-32(2,3)33(26,28(20)41-13-15-43-16-14-41)29(42)21-8-10-23(11-9-21)39-31-35-18-25-27(40-31)30(37-19-36-25)38-24-6-4-5-22(34)17-24/h4-6,17-21,23,26,28H,7-16H2,1-3H3,(H,35,39,40)(H,36,37,38). The molecule has 4 atom stereocenters. The van der Waals surface area contributed by atoms with E-state index in [4.69, 9.17) is 21.3 Å². The topological polar surface area (TPSA) is 105 Å². The number of aromatic nitrogens is 4. The molecule has 3 aliphatic carbocycles. The van der Waals surface area contributed by atoms with Crippen LogP contribution in [0.25, 0.3) is 11.0 Å². The quantitative estimate of drug-likeness (QED) is 0.330. The Kier molecular flexibility index (Phi) is 7.54. The first-order valence-electron chi connectivity index (χ1n) is 15.9. The van der Waals surface area contributed by atoms with Crippen molar-refractivity contribution in [3.05, 3.63) is 41.8 Å². The zero-order valence-electron chi connectivity index (χ0n) is 25.4.